The first-order chi connectivity index (χ1) is 26.0. The SMILES string of the molecule is CC.O=CN(c1ccc(/C=C/c2ccc(N3C(=O)[C@@H]4CCCN4C(=O)C3CCc3ccccc3)cc2)cc1)C(Cc1ccccc1)C(=O)N1CCCC1. The molecular formula is C45H50N4O4. The molecule has 3 atom stereocenters. The number of hydrogen-bond donors (Lipinski definition) is 0. The first kappa shape index (κ1) is 37.3. The minimum atomic E-state index is -0.625. The first-order valence-electron chi connectivity index (χ1n) is 19.1. The molecule has 0 radical (unpaired) electrons. The Bertz CT molecular complexity index is 1850. The van der Waals surface area contributed by atoms with E-state index in [1.807, 2.05) is 128 Å². The zero-order valence-corrected chi connectivity index (χ0v) is 30.8. The zero-order chi connectivity index (χ0) is 37.2. The van der Waals surface area contributed by atoms with E-state index in [1.54, 1.807) is 14.7 Å². The molecule has 53 heavy (non-hydrogen) atoms. The van der Waals surface area contributed by atoms with Crippen LogP contribution in [0.2, 0.25) is 0 Å². The lowest BCUT2D eigenvalue weighted by Crippen LogP contribution is -2.63. The fourth-order valence-corrected chi connectivity index (χ4v) is 7.71. The van der Waals surface area contributed by atoms with Crippen molar-refractivity contribution in [3.05, 3.63) is 131 Å². The van der Waals surface area contributed by atoms with E-state index >= 15 is 0 Å². The van der Waals surface area contributed by atoms with Crippen LogP contribution in [-0.2, 0) is 32.0 Å². The predicted molar refractivity (Wildman–Crippen MR) is 212 cm³/mol. The Morgan fingerprint density at radius 1 is 0.736 bits per heavy atom. The van der Waals surface area contributed by atoms with Crippen LogP contribution in [0.25, 0.3) is 12.2 Å². The second-order valence-corrected chi connectivity index (χ2v) is 13.7. The molecule has 0 aromatic heterocycles. The number of likely N-dealkylation sites (tertiary alicyclic amines) is 1. The summed E-state index contributed by atoms with van der Waals surface area (Å²) in [6, 6.07) is 33.9. The van der Waals surface area contributed by atoms with Crippen LogP contribution < -0.4 is 9.80 Å². The summed E-state index contributed by atoms with van der Waals surface area (Å²) in [6.45, 7) is 6.09. The molecule has 0 N–H and O–H groups in total. The van der Waals surface area contributed by atoms with Crippen LogP contribution in [0, 0.1) is 0 Å². The highest BCUT2D eigenvalue weighted by atomic mass is 16.2. The minimum absolute atomic E-state index is 0.00560. The number of aryl methyl sites for hydroxylation is 1. The second-order valence-electron chi connectivity index (χ2n) is 13.7. The fourth-order valence-electron chi connectivity index (χ4n) is 7.71. The van der Waals surface area contributed by atoms with E-state index in [9.17, 15) is 19.2 Å². The smallest absolute Gasteiger partial charge is 0.250 e. The van der Waals surface area contributed by atoms with Gasteiger partial charge in [0.25, 0.3) is 5.91 Å². The van der Waals surface area contributed by atoms with Crippen LogP contribution in [0.5, 0.6) is 0 Å². The van der Waals surface area contributed by atoms with E-state index < -0.39 is 12.1 Å². The molecule has 0 aliphatic carbocycles. The Balaban J connectivity index is 0.00000236. The molecule has 3 aliphatic rings. The van der Waals surface area contributed by atoms with E-state index in [0.29, 0.717) is 37.9 Å². The lowest BCUT2D eigenvalue weighted by Gasteiger charge is -2.42. The third kappa shape index (κ3) is 8.60. The summed E-state index contributed by atoms with van der Waals surface area (Å²) in [5, 5.41) is 0. The van der Waals surface area contributed by atoms with Gasteiger partial charge >= 0.3 is 0 Å². The van der Waals surface area contributed by atoms with Gasteiger partial charge in [0, 0.05) is 37.4 Å². The van der Waals surface area contributed by atoms with Crippen molar-refractivity contribution in [3.63, 3.8) is 0 Å². The van der Waals surface area contributed by atoms with Gasteiger partial charge < -0.3 is 14.7 Å². The number of fused-ring (bicyclic) bond motifs is 1. The van der Waals surface area contributed by atoms with Crippen LogP contribution in [0.15, 0.2) is 109 Å². The highest BCUT2D eigenvalue weighted by molar-refractivity contribution is 6.08. The summed E-state index contributed by atoms with van der Waals surface area (Å²) in [4.78, 5) is 60.5. The van der Waals surface area contributed by atoms with Crippen molar-refractivity contribution in [3.8, 4) is 0 Å². The third-order valence-electron chi connectivity index (χ3n) is 10.5. The summed E-state index contributed by atoms with van der Waals surface area (Å²) >= 11 is 0. The van der Waals surface area contributed by atoms with Crippen molar-refractivity contribution >= 4 is 47.7 Å². The minimum Gasteiger partial charge on any atom is -0.341 e. The molecule has 4 aromatic rings. The van der Waals surface area contributed by atoms with Gasteiger partial charge in [0.2, 0.25) is 18.2 Å². The number of nitrogens with zero attached hydrogens (tertiary/aromatic N) is 4. The van der Waals surface area contributed by atoms with E-state index in [0.717, 1.165) is 66.7 Å². The molecule has 3 aliphatic heterocycles. The summed E-state index contributed by atoms with van der Waals surface area (Å²) < 4.78 is 0. The van der Waals surface area contributed by atoms with Gasteiger partial charge in [-0.15, -0.1) is 0 Å². The van der Waals surface area contributed by atoms with E-state index in [-0.39, 0.29) is 23.8 Å². The van der Waals surface area contributed by atoms with Crippen molar-refractivity contribution in [1.29, 1.82) is 0 Å². The molecule has 8 nitrogen and oxygen atoms in total. The van der Waals surface area contributed by atoms with Crippen molar-refractivity contribution in [2.75, 3.05) is 29.4 Å². The standard InChI is InChI=1S/C43H44N4O4.C2H6/c48-31-46(40(30-35-12-5-2-6-13-35)41(49)44-27-7-8-28-44)36-22-17-33(18-23-36)15-16-34-19-24-37(25-20-34)47-39(26-21-32-10-3-1-4-11-32)42(50)45-29-9-14-38(45)43(47)51;1-2/h1-6,10-13,15-20,22-25,31,38-40H,7-9,14,21,26-30H2;1-2H3/b16-15+;/t38-,39?,40?;/m0./s1. The summed E-state index contributed by atoms with van der Waals surface area (Å²) in [7, 11) is 0. The second kappa shape index (κ2) is 17.8. The van der Waals surface area contributed by atoms with Gasteiger partial charge in [0.15, 0.2) is 0 Å². The van der Waals surface area contributed by atoms with Gasteiger partial charge in [-0.3, -0.25) is 24.1 Å². The van der Waals surface area contributed by atoms with Crippen LogP contribution in [0.4, 0.5) is 11.4 Å². The highest BCUT2D eigenvalue weighted by Gasteiger charge is 2.48. The van der Waals surface area contributed by atoms with Crippen LogP contribution in [0.1, 0.15) is 68.2 Å². The highest BCUT2D eigenvalue weighted by Crippen LogP contribution is 2.33. The summed E-state index contributed by atoms with van der Waals surface area (Å²) in [5.41, 5.74) is 5.46. The number of carbonyl (C=O) groups excluding carboxylic acids is 4. The fraction of sp³-hybridized carbons (Fsp3) is 0.333. The van der Waals surface area contributed by atoms with Crippen molar-refractivity contribution < 1.29 is 19.2 Å². The lowest BCUT2D eigenvalue weighted by molar-refractivity contribution is -0.144. The van der Waals surface area contributed by atoms with Gasteiger partial charge in [-0.25, -0.2) is 0 Å². The van der Waals surface area contributed by atoms with Crippen molar-refractivity contribution in [2.45, 2.75) is 76.9 Å². The Morgan fingerprint density at radius 2 is 1.32 bits per heavy atom. The molecule has 7 rings (SSSR count). The lowest BCUT2D eigenvalue weighted by atomic mass is 9.97. The quantitative estimate of drug-likeness (QED) is 0.113. The first-order valence-corrected chi connectivity index (χ1v) is 19.1. The number of rotatable bonds is 12. The predicted octanol–water partition coefficient (Wildman–Crippen LogP) is 7.42. The monoisotopic (exact) mass is 710 g/mol. The van der Waals surface area contributed by atoms with E-state index in [1.165, 1.54) is 0 Å². The van der Waals surface area contributed by atoms with E-state index in [4.69, 9.17) is 0 Å². The largest absolute Gasteiger partial charge is 0.341 e. The zero-order valence-electron chi connectivity index (χ0n) is 30.8. The third-order valence-corrected chi connectivity index (χ3v) is 10.5. The van der Waals surface area contributed by atoms with Crippen molar-refractivity contribution in [2.24, 2.45) is 0 Å². The van der Waals surface area contributed by atoms with Gasteiger partial charge in [-0.1, -0.05) is 111 Å². The average molecular weight is 711 g/mol. The van der Waals surface area contributed by atoms with Crippen molar-refractivity contribution in [1.82, 2.24) is 9.80 Å². The summed E-state index contributed by atoms with van der Waals surface area (Å²) in [5.74, 6) is 0.0287. The molecule has 4 amide bonds. The molecule has 2 unspecified atom stereocenters. The molecule has 3 heterocycles. The topological polar surface area (TPSA) is 81.2 Å². The Labute approximate surface area is 313 Å². The molecule has 4 aromatic carbocycles. The van der Waals surface area contributed by atoms with Gasteiger partial charge in [-0.2, -0.15) is 0 Å². The van der Waals surface area contributed by atoms with Gasteiger partial charge in [-0.05, 0) is 85.0 Å². The number of benzene rings is 4. The summed E-state index contributed by atoms with van der Waals surface area (Å²) in [6.07, 6.45) is 10.0. The normalized spacial score (nSPS) is 18.8. The maximum absolute atomic E-state index is 13.8. The van der Waals surface area contributed by atoms with Crippen LogP contribution >= 0.6 is 0 Å². The maximum Gasteiger partial charge on any atom is 0.250 e. The van der Waals surface area contributed by atoms with E-state index in [2.05, 4.69) is 12.1 Å². The Morgan fingerprint density at radius 3 is 1.92 bits per heavy atom. The molecular weight excluding hydrogens is 661 g/mol. The molecule has 8 heteroatoms. The molecule has 3 saturated heterocycles. The number of hydrogen-bond acceptors (Lipinski definition) is 4. The molecule has 0 saturated carbocycles. The Hall–Kier alpha value is -5.50. The van der Waals surface area contributed by atoms with Gasteiger partial charge in [0.05, 0.1) is 0 Å². The Kier molecular flexibility index (Phi) is 12.5. The number of anilines is 2. The maximum atomic E-state index is 13.8. The molecule has 0 spiro atoms. The molecule has 3 fully saturated rings. The number of piperazine rings is 1. The average Bonchev–Trinajstić information content (AvgIpc) is 3.94. The number of carbonyl (C=O) groups is 4. The molecule has 274 valence electrons. The van der Waals surface area contributed by atoms with Crippen LogP contribution in [-0.4, -0.2) is 71.7 Å². The number of amides is 4. The van der Waals surface area contributed by atoms with Crippen LogP contribution in [0.3, 0.4) is 0 Å². The van der Waals surface area contributed by atoms with Gasteiger partial charge in [0.1, 0.15) is 18.1 Å². The molecule has 0 bridgehead atoms.